The molecule has 29 heavy (non-hydrogen) atoms. The largest absolute Gasteiger partial charge is 0.452 e. The molecule has 3 aromatic rings. The van der Waals surface area contributed by atoms with Crippen molar-refractivity contribution in [2.75, 3.05) is 0 Å². The zero-order valence-corrected chi connectivity index (χ0v) is 15.2. The van der Waals surface area contributed by atoms with Crippen LogP contribution in [0.4, 0.5) is 8.78 Å². The maximum Gasteiger partial charge on any atom is 0.343 e. The number of rotatable bonds is 3. The van der Waals surface area contributed by atoms with Gasteiger partial charge in [0, 0.05) is 5.56 Å². The fraction of sp³-hybridized carbons (Fsp3) is 0.0435. The highest BCUT2D eigenvalue weighted by molar-refractivity contribution is 6.15. The Balaban J connectivity index is 1.61. The SMILES string of the molecule is Cc1c(OC(=O)c2ccc(F)cc2)ccc2c1O/C(=C\c1cccc(F)c1)C2=O. The highest BCUT2D eigenvalue weighted by Gasteiger charge is 2.30. The number of ether oxygens (including phenoxy) is 2. The standard InChI is InChI=1S/C23H14F2O4/c1-13-19(29-23(27)15-5-7-16(24)8-6-15)10-9-18-21(26)20(28-22(13)18)12-14-3-2-4-17(25)11-14/h2-12H,1H3/b20-12-. The first-order valence-corrected chi connectivity index (χ1v) is 8.73. The normalized spacial score (nSPS) is 13.9. The predicted molar refractivity (Wildman–Crippen MR) is 102 cm³/mol. The van der Waals surface area contributed by atoms with E-state index in [-0.39, 0.29) is 28.6 Å². The molecule has 0 saturated heterocycles. The van der Waals surface area contributed by atoms with Gasteiger partial charge in [-0.1, -0.05) is 12.1 Å². The molecule has 0 fully saturated rings. The third kappa shape index (κ3) is 3.65. The smallest absolute Gasteiger partial charge is 0.343 e. The van der Waals surface area contributed by atoms with E-state index >= 15 is 0 Å². The molecule has 0 amide bonds. The van der Waals surface area contributed by atoms with Crippen LogP contribution < -0.4 is 9.47 Å². The first-order valence-electron chi connectivity index (χ1n) is 8.73. The van der Waals surface area contributed by atoms with Gasteiger partial charge in [0.05, 0.1) is 11.1 Å². The number of halogens is 2. The van der Waals surface area contributed by atoms with Crippen LogP contribution in [0.2, 0.25) is 0 Å². The van der Waals surface area contributed by atoms with Crippen molar-refractivity contribution in [3.63, 3.8) is 0 Å². The minimum absolute atomic E-state index is 0.0516. The number of allylic oxidation sites excluding steroid dienone is 1. The van der Waals surface area contributed by atoms with Crippen molar-refractivity contribution >= 4 is 17.8 Å². The van der Waals surface area contributed by atoms with Crippen molar-refractivity contribution in [3.8, 4) is 11.5 Å². The van der Waals surface area contributed by atoms with E-state index in [0.717, 1.165) is 12.1 Å². The summed E-state index contributed by atoms with van der Waals surface area (Å²) in [6.45, 7) is 1.66. The van der Waals surface area contributed by atoms with Crippen LogP contribution in [0, 0.1) is 18.6 Å². The van der Waals surface area contributed by atoms with Crippen molar-refractivity contribution < 1.29 is 27.8 Å². The molecule has 1 aliphatic heterocycles. The van der Waals surface area contributed by atoms with E-state index in [1.807, 2.05) is 0 Å². The van der Waals surface area contributed by atoms with Gasteiger partial charge in [-0.25, -0.2) is 13.6 Å². The molecule has 0 radical (unpaired) electrons. The zero-order chi connectivity index (χ0) is 20.5. The fourth-order valence-electron chi connectivity index (χ4n) is 2.97. The number of fused-ring (bicyclic) bond motifs is 1. The van der Waals surface area contributed by atoms with Crippen LogP contribution in [0.25, 0.3) is 6.08 Å². The summed E-state index contributed by atoms with van der Waals surface area (Å²) < 4.78 is 37.5. The van der Waals surface area contributed by atoms with Gasteiger partial charge in [-0.05, 0) is 67.1 Å². The van der Waals surface area contributed by atoms with Gasteiger partial charge in [0.25, 0.3) is 0 Å². The molecule has 0 atom stereocenters. The van der Waals surface area contributed by atoms with Gasteiger partial charge in [-0.3, -0.25) is 4.79 Å². The second-order valence-corrected chi connectivity index (χ2v) is 6.46. The molecule has 0 spiro atoms. The Hall–Kier alpha value is -3.80. The van der Waals surface area contributed by atoms with Crippen LogP contribution in [-0.4, -0.2) is 11.8 Å². The number of esters is 1. The van der Waals surface area contributed by atoms with Crippen LogP contribution in [0.3, 0.4) is 0 Å². The molecule has 144 valence electrons. The van der Waals surface area contributed by atoms with Gasteiger partial charge in [-0.2, -0.15) is 0 Å². The summed E-state index contributed by atoms with van der Waals surface area (Å²) in [5.41, 5.74) is 1.47. The minimum atomic E-state index is -0.659. The molecular formula is C23H14F2O4. The molecular weight excluding hydrogens is 378 g/mol. The number of benzene rings is 3. The summed E-state index contributed by atoms with van der Waals surface area (Å²) >= 11 is 0. The number of hydrogen-bond donors (Lipinski definition) is 0. The van der Waals surface area contributed by atoms with Gasteiger partial charge in [-0.15, -0.1) is 0 Å². The summed E-state index contributed by atoms with van der Waals surface area (Å²) in [6.07, 6.45) is 1.45. The Bertz CT molecular complexity index is 1160. The molecule has 0 aliphatic carbocycles. The Morgan fingerprint density at radius 3 is 2.48 bits per heavy atom. The van der Waals surface area contributed by atoms with Crippen LogP contribution in [0.1, 0.15) is 31.8 Å². The average Bonchev–Trinajstić information content (AvgIpc) is 3.01. The maximum atomic E-state index is 13.4. The molecule has 0 unspecified atom stereocenters. The number of Topliss-reactive ketones (excluding diaryl/α,β-unsaturated/α-hetero) is 1. The lowest BCUT2D eigenvalue weighted by Crippen LogP contribution is -2.09. The van der Waals surface area contributed by atoms with E-state index in [4.69, 9.17) is 9.47 Å². The fourth-order valence-corrected chi connectivity index (χ4v) is 2.97. The van der Waals surface area contributed by atoms with Crippen LogP contribution in [-0.2, 0) is 0 Å². The quantitative estimate of drug-likeness (QED) is 0.353. The monoisotopic (exact) mass is 392 g/mol. The predicted octanol–water partition coefficient (Wildman–Crippen LogP) is 5.11. The Morgan fingerprint density at radius 2 is 1.76 bits per heavy atom. The molecule has 0 N–H and O–H groups in total. The second-order valence-electron chi connectivity index (χ2n) is 6.46. The molecule has 0 aromatic heterocycles. The van der Waals surface area contributed by atoms with E-state index in [1.165, 1.54) is 48.5 Å². The topological polar surface area (TPSA) is 52.6 Å². The van der Waals surface area contributed by atoms with Crippen LogP contribution in [0.5, 0.6) is 11.5 Å². The molecule has 4 rings (SSSR count). The Kier molecular flexibility index (Phi) is 4.68. The number of carbonyl (C=O) groups is 2. The van der Waals surface area contributed by atoms with Crippen molar-refractivity contribution in [1.82, 2.24) is 0 Å². The van der Waals surface area contributed by atoms with E-state index < -0.39 is 17.6 Å². The van der Waals surface area contributed by atoms with Crippen molar-refractivity contribution in [3.05, 3.63) is 100 Å². The summed E-state index contributed by atoms with van der Waals surface area (Å²) in [7, 11) is 0. The average molecular weight is 392 g/mol. The lowest BCUT2D eigenvalue weighted by Gasteiger charge is -2.10. The van der Waals surface area contributed by atoms with Gasteiger partial charge in [0.2, 0.25) is 5.78 Å². The number of carbonyl (C=O) groups excluding carboxylic acids is 2. The Morgan fingerprint density at radius 1 is 1.00 bits per heavy atom. The molecule has 0 saturated carbocycles. The lowest BCUT2D eigenvalue weighted by atomic mass is 10.1. The van der Waals surface area contributed by atoms with Crippen LogP contribution >= 0.6 is 0 Å². The number of hydrogen-bond acceptors (Lipinski definition) is 4. The molecule has 1 heterocycles. The van der Waals surface area contributed by atoms with Gasteiger partial charge < -0.3 is 9.47 Å². The molecule has 4 nitrogen and oxygen atoms in total. The summed E-state index contributed by atoms with van der Waals surface area (Å²) in [6, 6.07) is 13.8. The first kappa shape index (κ1) is 18.6. The van der Waals surface area contributed by atoms with Crippen molar-refractivity contribution in [1.29, 1.82) is 0 Å². The second kappa shape index (κ2) is 7.31. The van der Waals surface area contributed by atoms with E-state index in [0.29, 0.717) is 16.7 Å². The van der Waals surface area contributed by atoms with Crippen LogP contribution in [0.15, 0.2) is 66.4 Å². The van der Waals surface area contributed by atoms with E-state index in [9.17, 15) is 18.4 Å². The maximum absolute atomic E-state index is 13.4. The van der Waals surface area contributed by atoms with E-state index in [1.54, 1.807) is 13.0 Å². The molecule has 6 heteroatoms. The summed E-state index contributed by atoms with van der Waals surface area (Å²) in [5.74, 6) is -1.33. The number of ketones is 1. The minimum Gasteiger partial charge on any atom is -0.452 e. The first-order chi connectivity index (χ1) is 13.9. The van der Waals surface area contributed by atoms with E-state index in [2.05, 4.69) is 0 Å². The highest BCUT2D eigenvalue weighted by atomic mass is 19.1. The molecule has 1 aliphatic rings. The van der Waals surface area contributed by atoms with Gasteiger partial charge in [0.1, 0.15) is 23.1 Å². The lowest BCUT2D eigenvalue weighted by molar-refractivity contribution is 0.0733. The van der Waals surface area contributed by atoms with Crippen molar-refractivity contribution in [2.24, 2.45) is 0 Å². The third-order valence-corrected chi connectivity index (χ3v) is 4.47. The molecule has 0 bridgehead atoms. The summed E-state index contributed by atoms with van der Waals surface area (Å²) in [4.78, 5) is 24.9. The zero-order valence-electron chi connectivity index (χ0n) is 15.2. The van der Waals surface area contributed by atoms with Gasteiger partial charge in [0.15, 0.2) is 5.76 Å². The highest BCUT2D eigenvalue weighted by Crippen LogP contribution is 2.39. The van der Waals surface area contributed by atoms with Gasteiger partial charge >= 0.3 is 5.97 Å². The van der Waals surface area contributed by atoms with Crippen molar-refractivity contribution in [2.45, 2.75) is 6.92 Å². The third-order valence-electron chi connectivity index (χ3n) is 4.47. The molecule has 3 aromatic carbocycles. The summed E-state index contributed by atoms with van der Waals surface area (Å²) in [5, 5.41) is 0. The Labute approximate surface area is 165 Å².